The highest BCUT2D eigenvalue weighted by molar-refractivity contribution is 5.67. The highest BCUT2D eigenvalue weighted by Gasteiger charge is 2.25. The third-order valence-electron chi connectivity index (χ3n) is 3.47. The van der Waals surface area contributed by atoms with Gasteiger partial charge in [0.1, 0.15) is 0 Å². The van der Waals surface area contributed by atoms with E-state index in [9.17, 15) is 4.79 Å². The van der Waals surface area contributed by atoms with Crippen LogP contribution in [0.25, 0.3) is 0 Å². The van der Waals surface area contributed by atoms with Gasteiger partial charge in [-0.05, 0) is 31.9 Å². The molecule has 1 fully saturated rings. The molecular formula is C14H21N3O2. The smallest absolute Gasteiger partial charge is 0.409 e. The van der Waals surface area contributed by atoms with Gasteiger partial charge >= 0.3 is 6.09 Å². The molecule has 0 aliphatic carbocycles. The van der Waals surface area contributed by atoms with Crippen molar-refractivity contribution in [1.82, 2.24) is 15.2 Å². The molecule has 5 heteroatoms. The van der Waals surface area contributed by atoms with Crippen LogP contribution in [0.3, 0.4) is 0 Å². The van der Waals surface area contributed by atoms with E-state index in [1.54, 1.807) is 11.1 Å². The SMILES string of the molecule is COC(=O)N1CCC[C@@H](N[C@@H](C)c2ccccn2)C1. The standard InChI is InChI=1S/C14H21N3O2/c1-11(13-7-3-4-8-15-13)16-12-6-5-9-17(10-12)14(18)19-2/h3-4,7-8,11-12,16H,5-6,9-10H2,1-2H3/t11-,12+/m0/s1. The van der Waals surface area contributed by atoms with Crippen LogP contribution in [0.15, 0.2) is 24.4 Å². The number of methoxy groups -OCH3 is 1. The second-order valence-corrected chi connectivity index (χ2v) is 4.90. The van der Waals surface area contributed by atoms with Crippen LogP contribution in [0.1, 0.15) is 31.5 Å². The molecule has 0 unspecified atom stereocenters. The summed E-state index contributed by atoms with van der Waals surface area (Å²) in [7, 11) is 1.43. The first-order valence-electron chi connectivity index (χ1n) is 6.70. The van der Waals surface area contributed by atoms with Crippen LogP contribution < -0.4 is 5.32 Å². The highest BCUT2D eigenvalue weighted by Crippen LogP contribution is 2.16. The molecule has 0 spiro atoms. The lowest BCUT2D eigenvalue weighted by Crippen LogP contribution is -2.48. The highest BCUT2D eigenvalue weighted by atomic mass is 16.5. The summed E-state index contributed by atoms with van der Waals surface area (Å²) in [6, 6.07) is 6.39. The summed E-state index contributed by atoms with van der Waals surface area (Å²) in [6.45, 7) is 3.58. The Kier molecular flexibility index (Phi) is 4.74. The van der Waals surface area contributed by atoms with E-state index in [1.807, 2.05) is 18.2 Å². The molecule has 1 N–H and O–H groups in total. The molecule has 5 nitrogen and oxygen atoms in total. The molecule has 1 aliphatic rings. The van der Waals surface area contributed by atoms with Gasteiger partial charge in [0.2, 0.25) is 0 Å². The van der Waals surface area contributed by atoms with E-state index in [-0.39, 0.29) is 12.1 Å². The number of amides is 1. The van der Waals surface area contributed by atoms with Crippen LogP contribution in [-0.2, 0) is 4.74 Å². The van der Waals surface area contributed by atoms with Crippen molar-refractivity contribution >= 4 is 6.09 Å². The van der Waals surface area contributed by atoms with Gasteiger partial charge in [0.15, 0.2) is 0 Å². The van der Waals surface area contributed by atoms with Gasteiger partial charge in [-0.3, -0.25) is 4.98 Å². The summed E-state index contributed by atoms with van der Waals surface area (Å²) in [4.78, 5) is 17.6. The van der Waals surface area contributed by atoms with E-state index in [4.69, 9.17) is 4.74 Å². The summed E-state index contributed by atoms with van der Waals surface area (Å²) in [5.41, 5.74) is 1.03. The molecule has 0 saturated carbocycles. The van der Waals surface area contributed by atoms with E-state index in [0.29, 0.717) is 12.6 Å². The van der Waals surface area contributed by atoms with Gasteiger partial charge in [-0.1, -0.05) is 6.07 Å². The minimum atomic E-state index is -0.239. The number of aromatic nitrogens is 1. The van der Waals surface area contributed by atoms with Gasteiger partial charge in [0.25, 0.3) is 0 Å². The zero-order chi connectivity index (χ0) is 13.7. The van der Waals surface area contributed by atoms with Gasteiger partial charge in [0.05, 0.1) is 12.8 Å². The summed E-state index contributed by atoms with van der Waals surface area (Å²) in [5, 5.41) is 3.53. The van der Waals surface area contributed by atoms with Crippen molar-refractivity contribution in [2.24, 2.45) is 0 Å². The van der Waals surface area contributed by atoms with Crippen LogP contribution in [0.4, 0.5) is 4.79 Å². The largest absolute Gasteiger partial charge is 0.453 e. The first-order valence-corrected chi connectivity index (χ1v) is 6.70. The zero-order valence-corrected chi connectivity index (χ0v) is 11.5. The summed E-state index contributed by atoms with van der Waals surface area (Å²) < 4.78 is 4.77. The minimum Gasteiger partial charge on any atom is -0.453 e. The van der Waals surface area contributed by atoms with Crippen LogP contribution >= 0.6 is 0 Å². The van der Waals surface area contributed by atoms with E-state index in [1.165, 1.54) is 7.11 Å². The molecular weight excluding hydrogens is 242 g/mol. The Labute approximate surface area is 114 Å². The number of carbonyl (C=O) groups is 1. The first-order chi connectivity index (χ1) is 9.20. The zero-order valence-electron chi connectivity index (χ0n) is 11.5. The molecule has 0 aromatic carbocycles. The van der Waals surface area contributed by atoms with Crippen molar-refractivity contribution in [3.8, 4) is 0 Å². The van der Waals surface area contributed by atoms with E-state index in [0.717, 1.165) is 25.1 Å². The topological polar surface area (TPSA) is 54.5 Å². The fraction of sp³-hybridized carbons (Fsp3) is 0.571. The molecule has 0 radical (unpaired) electrons. The third kappa shape index (κ3) is 3.67. The number of likely N-dealkylation sites (tertiary alicyclic amines) is 1. The number of pyridine rings is 1. The normalized spacial score (nSPS) is 20.9. The maximum Gasteiger partial charge on any atom is 0.409 e. The summed E-state index contributed by atoms with van der Waals surface area (Å²) >= 11 is 0. The van der Waals surface area contributed by atoms with Gasteiger partial charge < -0.3 is 15.0 Å². The maximum atomic E-state index is 11.5. The molecule has 2 rings (SSSR count). The van der Waals surface area contributed by atoms with Gasteiger partial charge in [0, 0.05) is 31.4 Å². The number of piperidine rings is 1. The Morgan fingerprint density at radius 3 is 3.11 bits per heavy atom. The number of rotatable bonds is 3. The molecule has 19 heavy (non-hydrogen) atoms. The van der Waals surface area contributed by atoms with Gasteiger partial charge in [-0.25, -0.2) is 4.79 Å². The van der Waals surface area contributed by atoms with Crippen molar-refractivity contribution in [1.29, 1.82) is 0 Å². The summed E-state index contributed by atoms with van der Waals surface area (Å²) in [6.07, 6.45) is 3.64. The van der Waals surface area contributed by atoms with Crippen molar-refractivity contribution in [3.05, 3.63) is 30.1 Å². The van der Waals surface area contributed by atoms with E-state index < -0.39 is 0 Å². The average Bonchev–Trinajstić information content (AvgIpc) is 2.47. The van der Waals surface area contributed by atoms with E-state index >= 15 is 0 Å². The predicted molar refractivity (Wildman–Crippen MR) is 72.8 cm³/mol. The molecule has 1 saturated heterocycles. The molecule has 0 bridgehead atoms. The Balaban J connectivity index is 1.90. The first kappa shape index (κ1) is 13.8. The number of hydrogen-bond acceptors (Lipinski definition) is 4. The lowest BCUT2D eigenvalue weighted by molar-refractivity contribution is 0.106. The second-order valence-electron chi connectivity index (χ2n) is 4.90. The fourth-order valence-electron chi connectivity index (χ4n) is 2.48. The quantitative estimate of drug-likeness (QED) is 0.905. The van der Waals surface area contributed by atoms with Crippen molar-refractivity contribution in [2.75, 3.05) is 20.2 Å². The van der Waals surface area contributed by atoms with Gasteiger partial charge in [-0.15, -0.1) is 0 Å². The predicted octanol–water partition coefficient (Wildman–Crippen LogP) is 1.96. The molecule has 2 heterocycles. The van der Waals surface area contributed by atoms with Crippen LogP contribution in [0.2, 0.25) is 0 Å². The number of hydrogen-bond donors (Lipinski definition) is 1. The Morgan fingerprint density at radius 1 is 1.58 bits per heavy atom. The average molecular weight is 263 g/mol. The number of nitrogens with zero attached hydrogens (tertiary/aromatic N) is 2. The maximum absolute atomic E-state index is 11.5. The van der Waals surface area contributed by atoms with Crippen molar-refractivity contribution < 1.29 is 9.53 Å². The number of carbonyl (C=O) groups excluding carboxylic acids is 1. The van der Waals surface area contributed by atoms with Gasteiger partial charge in [-0.2, -0.15) is 0 Å². The Morgan fingerprint density at radius 2 is 2.42 bits per heavy atom. The van der Waals surface area contributed by atoms with Crippen molar-refractivity contribution in [2.45, 2.75) is 31.8 Å². The second kappa shape index (κ2) is 6.52. The van der Waals surface area contributed by atoms with Crippen LogP contribution in [0, 0.1) is 0 Å². The van der Waals surface area contributed by atoms with Crippen LogP contribution in [0.5, 0.6) is 0 Å². The molecule has 104 valence electrons. The summed E-state index contributed by atoms with van der Waals surface area (Å²) in [5.74, 6) is 0. The molecule has 1 aromatic heterocycles. The third-order valence-corrected chi connectivity index (χ3v) is 3.47. The Bertz CT molecular complexity index is 410. The minimum absolute atomic E-state index is 0.184. The lowest BCUT2D eigenvalue weighted by Gasteiger charge is -2.33. The fourth-order valence-corrected chi connectivity index (χ4v) is 2.48. The van der Waals surface area contributed by atoms with Crippen LogP contribution in [-0.4, -0.2) is 42.2 Å². The number of ether oxygens (including phenoxy) is 1. The lowest BCUT2D eigenvalue weighted by atomic mass is 10.0. The molecule has 1 amide bonds. The Hall–Kier alpha value is -1.62. The van der Waals surface area contributed by atoms with E-state index in [2.05, 4.69) is 17.2 Å². The monoisotopic (exact) mass is 263 g/mol. The number of nitrogens with one attached hydrogen (secondary N) is 1. The van der Waals surface area contributed by atoms with Crippen molar-refractivity contribution in [3.63, 3.8) is 0 Å². The molecule has 1 aromatic rings. The molecule has 1 aliphatic heterocycles. The molecule has 2 atom stereocenters.